The summed E-state index contributed by atoms with van der Waals surface area (Å²) in [5, 5.41) is 15.1. The zero-order valence-corrected chi connectivity index (χ0v) is 13.3. The molecule has 1 aliphatic rings. The third kappa shape index (κ3) is 2.88. The predicted octanol–water partition coefficient (Wildman–Crippen LogP) is 1.60. The van der Waals surface area contributed by atoms with Crippen molar-refractivity contribution in [2.75, 3.05) is 13.1 Å². The number of hydrogen-bond donors (Lipinski definition) is 1. The Kier molecular flexibility index (Phi) is 3.96. The largest absolute Gasteiger partial charge is 0.337 e. The molecule has 1 N–H and O–H groups in total. The molecule has 0 saturated carbocycles. The molecule has 2 aromatic heterocycles. The fraction of sp³-hybridized carbons (Fsp3) is 0.600. The lowest BCUT2D eigenvalue weighted by Crippen LogP contribution is -2.29. The van der Waals surface area contributed by atoms with E-state index >= 15 is 0 Å². The Bertz CT molecular complexity index is 659. The van der Waals surface area contributed by atoms with Gasteiger partial charge in [-0.05, 0) is 39.2 Å². The predicted molar refractivity (Wildman–Crippen MR) is 81.4 cm³/mol. The Balaban J connectivity index is 1.63. The summed E-state index contributed by atoms with van der Waals surface area (Å²) in [6.07, 6.45) is 3.64. The van der Waals surface area contributed by atoms with Gasteiger partial charge in [-0.2, -0.15) is 5.10 Å². The van der Waals surface area contributed by atoms with E-state index in [9.17, 15) is 4.79 Å². The second-order valence-electron chi connectivity index (χ2n) is 6.29. The molecule has 1 atom stereocenters. The van der Waals surface area contributed by atoms with Crippen LogP contribution in [0.15, 0.2) is 12.4 Å². The van der Waals surface area contributed by atoms with E-state index in [4.69, 9.17) is 0 Å². The van der Waals surface area contributed by atoms with Crippen LogP contribution >= 0.6 is 0 Å². The zero-order chi connectivity index (χ0) is 15.7. The van der Waals surface area contributed by atoms with Crippen LogP contribution in [0.1, 0.15) is 48.3 Å². The van der Waals surface area contributed by atoms with E-state index in [1.165, 1.54) is 0 Å². The van der Waals surface area contributed by atoms with Gasteiger partial charge < -0.3 is 9.47 Å². The highest BCUT2D eigenvalue weighted by Gasteiger charge is 2.29. The van der Waals surface area contributed by atoms with Crippen LogP contribution in [-0.2, 0) is 6.42 Å². The number of aromatic nitrogens is 5. The summed E-state index contributed by atoms with van der Waals surface area (Å²) in [4.78, 5) is 14.3. The molecule has 7 nitrogen and oxygen atoms in total. The van der Waals surface area contributed by atoms with Crippen LogP contribution in [0.2, 0.25) is 0 Å². The minimum atomic E-state index is 0.0113. The fourth-order valence-corrected chi connectivity index (χ4v) is 2.98. The quantitative estimate of drug-likeness (QED) is 0.930. The summed E-state index contributed by atoms with van der Waals surface area (Å²) >= 11 is 0. The van der Waals surface area contributed by atoms with Crippen LogP contribution in [0.25, 0.3) is 0 Å². The third-order valence-electron chi connectivity index (χ3n) is 4.17. The Morgan fingerprint density at radius 3 is 3.00 bits per heavy atom. The topological polar surface area (TPSA) is 79.7 Å². The van der Waals surface area contributed by atoms with E-state index in [-0.39, 0.29) is 5.91 Å². The van der Waals surface area contributed by atoms with Crippen molar-refractivity contribution >= 4 is 5.91 Å². The number of hydrogen-bond acceptors (Lipinski definition) is 4. The van der Waals surface area contributed by atoms with Gasteiger partial charge in [0.25, 0.3) is 5.91 Å². The molecule has 1 fully saturated rings. The van der Waals surface area contributed by atoms with Gasteiger partial charge >= 0.3 is 0 Å². The van der Waals surface area contributed by atoms with Crippen molar-refractivity contribution in [1.82, 2.24) is 29.9 Å². The highest BCUT2D eigenvalue weighted by atomic mass is 16.2. The van der Waals surface area contributed by atoms with Crippen LogP contribution in [0.5, 0.6) is 0 Å². The first kappa shape index (κ1) is 14.7. The molecule has 22 heavy (non-hydrogen) atoms. The molecule has 0 radical (unpaired) electrons. The molecule has 1 saturated heterocycles. The zero-order valence-electron chi connectivity index (χ0n) is 13.3. The molecule has 1 unspecified atom stereocenters. The molecule has 0 bridgehead atoms. The number of aryl methyl sites for hydroxylation is 1. The summed E-state index contributed by atoms with van der Waals surface area (Å²) in [7, 11) is 0. The molecule has 3 rings (SSSR count). The van der Waals surface area contributed by atoms with Gasteiger partial charge in [-0.25, -0.2) is 0 Å². The van der Waals surface area contributed by atoms with Crippen molar-refractivity contribution in [3.05, 3.63) is 29.6 Å². The van der Waals surface area contributed by atoms with E-state index in [2.05, 4.69) is 38.8 Å². The van der Waals surface area contributed by atoms with Gasteiger partial charge in [0.2, 0.25) is 0 Å². The number of nitrogens with zero attached hydrogens (tertiary/aromatic N) is 5. The monoisotopic (exact) mass is 302 g/mol. The second kappa shape index (κ2) is 5.90. The minimum Gasteiger partial charge on any atom is -0.337 e. The first-order chi connectivity index (χ1) is 10.5. The Morgan fingerprint density at radius 1 is 1.50 bits per heavy atom. The van der Waals surface area contributed by atoms with E-state index < -0.39 is 0 Å². The number of carbonyl (C=O) groups excluding carboxylic acids is 1. The molecule has 0 spiro atoms. The molecule has 1 amide bonds. The number of likely N-dealkylation sites (tertiary alicyclic amines) is 1. The van der Waals surface area contributed by atoms with E-state index in [0.29, 0.717) is 17.7 Å². The smallest absolute Gasteiger partial charge is 0.274 e. The summed E-state index contributed by atoms with van der Waals surface area (Å²) < 4.78 is 2.10. The molecular formula is C15H22N6O. The summed E-state index contributed by atoms with van der Waals surface area (Å²) in [5.41, 5.74) is 1.41. The maximum atomic E-state index is 12.4. The lowest BCUT2D eigenvalue weighted by molar-refractivity contribution is 0.0781. The standard InChI is InChI=1S/C15H22N6O/c1-10(2)21-9-16-19-14(21)7-12-4-5-20(8-12)15(22)13-6-11(3)17-18-13/h6,9-10,12H,4-5,7-8H2,1-3H3,(H,17,18). The van der Waals surface area contributed by atoms with Crippen molar-refractivity contribution in [1.29, 1.82) is 0 Å². The van der Waals surface area contributed by atoms with E-state index in [0.717, 1.165) is 37.4 Å². The van der Waals surface area contributed by atoms with Gasteiger partial charge in [-0.3, -0.25) is 9.89 Å². The lowest BCUT2D eigenvalue weighted by Gasteiger charge is -2.16. The lowest BCUT2D eigenvalue weighted by atomic mass is 10.0. The van der Waals surface area contributed by atoms with Gasteiger partial charge in [0.1, 0.15) is 17.8 Å². The maximum Gasteiger partial charge on any atom is 0.274 e. The van der Waals surface area contributed by atoms with E-state index in [1.807, 2.05) is 11.8 Å². The van der Waals surface area contributed by atoms with E-state index in [1.54, 1.807) is 12.4 Å². The van der Waals surface area contributed by atoms with Gasteiger partial charge in [0.15, 0.2) is 0 Å². The SMILES string of the molecule is Cc1cc(C(=O)N2CCC(Cc3nncn3C(C)C)C2)n[nH]1. The molecular weight excluding hydrogens is 280 g/mol. The Morgan fingerprint density at radius 2 is 2.32 bits per heavy atom. The number of amides is 1. The molecule has 0 aliphatic carbocycles. The average Bonchev–Trinajstić information content (AvgIpc) is 3.18. The van der Waals surface area contributed by atoms with Crippen molar-refractivity contribution in [2.24, 2.45) is 5.92 Å². The second-order valence-corrected chi connectivity index (χ2v) is 6.29. The third-order valence-corrected chi connectivity index (χ3v) is 4.17. The summed E-state index contributed by atoms with van der Waals surface area (Å²) in [5.74, 6) is 1.45. The highest BCUT2D eigenvalue weighted by Crippen LogP contribution is 2.22. The van der Waals surface area contributed by atoms with Gasteiger partial charge in [-0.1, -0.05) is 0 Å². The fourth-order valence-electron chi connectivity index (χ4n) is 2.98. The first-order valence-electron chi connectivity index (χ1n) is 7.74. The molecule has 118 valence electrons. The number of aromatic amines is 1. The number of rotatable bonds is 4. The van der Waals surface area contributed by atoms with Crippen molar-refractivity contribution in [3.63, 3.8) is 0 Å². The summed E-state index contributed by atoms with van der Waals surface area (Å²) in [6, 6.07) is 2.15. The summed E-state index contributed by atoms with van der Waals surface area (Å²) in [6.45, 7) is 7.69. The molecule has 1 aliphatic heterocycles. The number of nitrogens with one attached hydrogen (secondary N) is 1. The van der Waals surface area contributed by atoms with Gasteiger partial charge in [-0.15, -0.1) is 10.2 Å². The van der Waals surface area contributed by atoms with Crippen LogP contribution < -0.4 is 0 Å². The van der Waals surface area contributed by atoms with Crippen molar-refractivity contribution < 1.29 is 4.79 Å². The molecule has 0 aromatic carbocycles. The minimum absolute atomic E-state index is 0.0113. The van der Waals surface area contributed by atoms with Crippen LogP contribution in [0.4, 0.5) is 0 Å². The number of H-pyrrole nitrogens is 1. The first-order valence-corrected chi connectivity index (χ1v) is 7.74. The normalized spacial score (nSPS) is 18.4. The molecule has 2 aromatic rings. The van der Waals surface area contributed by atoms with Crippen molar-refractivity contribution in [2.45, 2.75) is 39.7 Å². The van der Waals surface area contributed by atoms with Gasteiger partial charge in [0, 0.05) is 31.2 Å². The molecule has 3 heterocycles. The van der Waals surface area contributed by atoms with Gasteiger partial charge in [0.05, 0.1) is 0 Å². The number of carbonyl (C=O) groups is 1. The van der Waals surface area contributed by atoms with Crippen LogP contribution in [-0.4, -0.2) is 48.9 Å². The molecule has 7 heteroatoms. The average molecular weight is 302 g/mol. The Hall–Kier alpha value is -2.18. The van der Waals surface area contributed by atoms with Crippen molar-refractivity contribution in [3.8, 4) is 0 Å². The van der Waals surface area contributed by atoms with Crippen LogP contribution in [0.3, 0.4) is 0 Å². The highest BCUT2D eigenvalue weighted by molar-refractivity contribution is 5.92. The Labute approximate surface area is 129 Å². The van der Waals surface area contributed by atoms with Crippen LogP contribution in [0, 0.1) is 12.8 Å². The maximum absolute atomic E-state index is 12.4.